The van der Waals surface area contributed by atoms with Crippen LogP contribution in [-0.4, -0.2) is 41.1 Å². The fraction of sp³-hybridized carbons (Fsp3) is 0.217. The summed E-state index contributed by atoms with van der Waals surface area (Å²) >= 11 is 1.61. The second-order valence-corrected chi connectivity index (χ2v) is 8.41. The molecule has 1 N–H and O–H groups in total. The maximum atomic E-state index is 11.9. The van der Waals surface area contributed by atoms with Crippen LogP contribution in [0.25, 0.3) is 10.2 Å². The highest BCUT2D eigenvalue weighted by Gasteiger charge is 2.31. The molecule has 1 fully saturated rings. The van der Waals surface area contributed by atoms with Crippen LogP contribution in [0.1, 0.15) is 6.42 Å². The zero-order valence-corrected chi connectivity index (χ0v) is 18.2. The van der Waals surface area contributed by atoms with E-state index in [9.17, 15) is 4.79 Å². The van der Waals surface area contributed by atoms with Crippen LogP contribution < -0.4 is 15.0 Å². The molecule has 162 valence electrons. The van der Waals surface area contributed by atoms with Gasteiger partial charge < -0.3 is 19.7 Å². The normalized spacial score (nSPS) is 15.7. The molecular formula is C23H21N5O3S. The molecule has 32 heavy (non-hydrogen) atoms. The third-order valence-electron chi connectivity index (χ3n) is 5.28. The topological polar surface area (TPSA) is 89.5 Å². The number of anilines is 3. The van der Waals surface area contributed by atoms with Gasteiger partial charge in [0, 0.05) is 31.2 Å². The lowest BCUT2D eigenvalue weighted by Gasteiger charge is -2.19. The standard InChI is InChI=1S/C23H21N5O3S/c1-30-22(29)15-10-13-28(14-15)20-21(25-12-11-24-20)31-17-8-6-16(7-9-17)26-23-27-18-4-2-3-5-19(18)32-23/h2-9,11-12,15H,10,13-14H2,1H3,(H,26,27). The lowest BCUT2D eigenvalue weighted by Crippen LogP contribution is -2.24. The Labute approximate surface area is 188 Å². The SMILES string of the molecule is COC(=O)C1CCN(c2nccnc2Oc2ccc(Nc3nc4ccccc4s3)cc2)C1. The van der Waals surface area contributed by atoms with Gasteiger partial charge in [0.1, 0.15) is 5.75 Å². The lowest BCUT2D eigenvalue weighted by atomic mass is 10.1. The number of para-hydroxylation sites is 1. The molecular weight excluding hydrogens is 426 g/mol. The van der Waals surface area contributed by atoms with Gasteiger partial charge >= 0.3 is 5.97 Å². The summed E-state index contributed by atoms with van der Waals surface area (Å²) in [6.07, 6.45) is 3.93. The first-order valence-electron chi connectivity index (χ1n) is 10.2. The highest BCUT2D eigenvalue weighted by Crippen LogP contribution is 2.33. The number of hydrogen-bond donors (Lipinski definition) is 1. The molecule has 0 aliphatic carbocycles. The number of esters is 1. The van der Waals surface area contributed by atoms with E-state index in [1.165, 1.54) is 7.11 Å². The molecule has 1 atom stereocenters. The van der Waals surface area contributed by atoms with Crippen molar-refractivity contribution in [2.75, 3.05) is 30.4 Å². The number of methoxy groups -OCH3 is 1. The predicted octanol–water partition coefficient (Wildman–Crippen LogP) is 4.62. The Morgan fingerprint density at radius 1 is 1.12 bits per heavy atom. The van der Waals surface area contributed by atoms with E-state index in [0.29, 0.717) is 30.5 Å². The molecule has 0 radical (unpaired) electrons. The van der Waals surface area contributed by atoms with Crippen molar-refractivity contribution < 1.29 is 14.3 Å². The number of hydrogen-bond acceptors (Lipinski definition) is 9. The summed E-state index contributed by atoms with van der Waals surface area (Å²) in [4.78, 5) is 27.3. The first kappa shape index (κ1) is 20.2. The number of carbonyl (C=O) groups excluding carboxylic acids is 1. The van der Waals surface area contributed by atoms with Gasteiger partial charge in [-0.2, -0.15) is 0 Å². The van der Waals surface area contributed by atoms with E-state index < -0.39 is 0 Å². The summed E-state index contributed by atoms with van der Waals surface area (Å²) in [5, 5.41) is 4.17. The quantitative estimate of drug-likeness (QED) is 0.428. The Bertz CT molecular complexity index is 1210. The molecule has 0 spiro atoms. The molecule has 1 aliphatic rings. The predicted molar refractivity (Wildman–Crippen MR) is 124 cm³/mol. The van der Waals surface area contributed by atoms with Crippen molar-refractivity contribution >= 4 is 44.2 Å². The Morgan fingerprint density at radius 2 is 1.94 bits per heavy atom. The van der Waals surface area contributed by atoms with E-state index in [2.05, 4.69) is 26.3 Å². The van der Waals surface area contributed by atoms with E-state index in [4.69, 9.17) is 9.47 Å². The van der Waals surface area contributed by atoms with E-state index in [-0.39, 0.29) is 11.9 Å². The molecule has 9 heteroatoms. The summed E-state index contributed by atoms with van der Waals surface area (Å²) < 4.78 is 12.0. The molecule has 3 heterocycles. The van der Waals surface area contributed by atoms with Crippen molar-refractivity contribution in [1.82, 2.24) is 15.0 Å². The Hall–Kier alpha value is -3.72. The van der Waals surface area contributed by atoms with Crippen molar-refractivity contribution in [2.45, 2.75) is 6.42 Å². The molecule has 1 aliphatic heterocycles. The second-order valence-electron chi connectivity index (χ2n) is 7.38. The minimum Gasteiger partial charge on any atom is -0.469 e. The average molecular weight is 448 g/mol. The molecule has 2 aromatic carbocycles. The van der Waals surface area contributed by atoms with Gasteiger partial charge in [-0.25, -0.2) is 15.0 Å². The van der Waals surface area contributed by atoms with E-state index >= 15 is 0 Å². The minimum atomic E-state index is -0.199. The third-order valence-corrected chi connectivity index (χ3v) is 6.23. The number of fused-ring (bicyclic) bond motifs is 1. The Balaban J connectivity index is 1.28. The van der Waals surface area contributed by atoms with Crippen LogP contribution in [-0.2, 0) is 9.53 Å². The van der Waals surface area contributed by atoms with Gasteiger partial charge in [-0.05, 0) is 42.8 Å². The molecule has 5 rings (SSSR count). The number of carbonyl (C=O) groups is 1. The van der Waals surface area contributed by atoms with Crippen LogP contribution in [0.2, 0.25) is 0 Å². The van der Waals surface area contributed by atoms with Crippen molar-refractivity contribution in [3.05, 3.63) is 60.9 Å². The molecule has 0 saturated carbocycles. The van der Waals surface area contributed by atoms with Crippen molar-refractivity contribution in [1.29, 1.82) is 0 Å². The molecule has 2 aromatic heterocycles. The van der Waals surface area contributed by atoms with E-state index in [1.54, 1.807) is 23.7 Å². The van der Waals surface area contributed by atoms with Gasteiger partial charge in [0.25, 0.3) is 5.88 Å². The number of rotatable bonds is 6. The van der Waals surface area contributed by atoms with Crippen molar-refractivity contribution in [3.63, 3.8) is 0 Å². The summed E-state index contributed by atoms with van der Waals surface area (Å²) in [6, 6.07) is 15.7. The number of ether oxygens (including phenoxy) is 2. The molecule has 8 nitrogen and oxygen atoms in total. The maximum Gasteiger partial charge on any atom is 0.310 e. The first-order valence-corrected chi connectivity index (χ1v) is 11.1. The number of benzene rings is 2. The first-order chi connectivity index (χ1) is 15.7. The number of aromatic nitrogens is 3. The summed E-state index contributed by atoms with van der Waals surface area (Å²) in [6.45, 7) is 1.23. The maximum absolute atomic E-state index is 11.9. The van der Waals surface area contributed by atoms with Crippen LogP contribution in [0.3, 0.4) is 0 Å². The summed E-state index contributed by atoms with van der Waals surface area (Å²) in [5.74, 6) is 1.31. The van der Waals surface area contributed by atoms with Crippen LogP contribution in [0.15, 0.2) is 60.9 Å². The highest BCUT2D eigenvalue weighted by atomic mass is 32.1. The number of thiazole rings is 1. The van der Waals surface area contributed by atoms with Gasteiger partial charge in [0.05, 0.1) is 23.2 Å². The van der Waals surface area contributed by atoms with Gasteiger partial charge in [-0.15, -0.1) is 0 Å². The van der Waals surface area contributed by atoms with Crippen LogP contribution in [0, 0.1) is 5.92 Å². The Morgan fingerprint density at radius 3 is 2.75 bits per heavy atom. The Kier molecular flexibility index (Phi) is 5.55. The largest absolute Gasteiger partial charge is 0.469 e. The van der Waals surface area contributed by atoms with Gasteiger partial charge in [-0.3, -0.25) is 4.79 Å². The smallest absolute Gasteiger partial charge is 0.310 e. The molecule has 4 aromatic rings. The fourth-order valence-corrected chi connectivity index (χ4v) is 4.57. The van der Waals surface area contributed by atoms with E-state index in [1.807, 2.05) is 47.4 Å². The molecule has 1 unspecified atom stereocenters. The zero-order chi connectivity index (χ0) is 21.9. The van der Waals surface area contributed by atoms with E-state index in [0.717, 1.165) is 27.5 Å². The van der Waals surface area contributed by atoms with Gasteiger partial charge in [0.2, 0.25) is 0 Å². The van der Waals surface area contributed by atoms with Gasteiger partial charge in [-0.1, -0.05) is 23.5 Å². The summed E-state index contributed by atoms with van der Waals surface area (Å²) in [5.41, 5.74) is 1.89. The third kappa shape index (κ3) is 4.19. The monoisotopic (exact) mass is 447 g/mol. The second kappa shape index (κ2) is 8.80. The molecule has 0 amide bonds. The number of nitrogens with one attached hydrogen (secondary N) is 1. The van der Waals surface area contributed by atoms with Crippen molar-refractivity contribution in [3.8, 4) is 11.6 Å². The van der Waals surface area contributed by atoms with Crippen LogP contribution in [0.5, 0.6) is 11.6 Å². The summed E-state index contributed by atoms with van der Waals surface area (Å²) in [7, 11) is 1.41. The lowest BCUT2D eigenvalue weighted by molar-refractivity contribution is -0.144. The van der Waals surface area contributed by atoms with Crippen LogP contribution in [0.4, 0.5) is 16.6 Å². The fourth-order valence-electron chi connectivity index (χ4n) is 3.69. The van der Waals surface area contributed by atoms with Crippen molar-refractivity contribution in [2.24, 2.45) is 5.92 Å². The molecule has 0 bridgehead atoms. The van der Waals surface area contributed by atoms with Crippen LogP contribution >= 0.6 is 11.3 Å². The highest BCUT2D eigenvalue weighted by molar-refractivity contribution is 7.22. The zero-order valence-electron chi connectivity index (χ0n) is 17.4. The minimum absolute atomic E-state index is 0.164. The number of nitrogens with zero attached hydrogens (tertiary/aromatic N) is 4. The van der Waals surface area contributed by atoms with Gasteiger partial charge in [0.15, 0.2) is 10.9 Å². The molecule has 1 saturated heterocycles. The average Bonchev–Trinajstić information content (AvgIpc) is 3.47.